The number of carbonyl (C=O) groups excluding carboxylic acids is 3. The molecule has 1 aliphatic heterocycles. The third kappa shape index (κ3) is 2.03. The van der Waals surface area contributed by atoms with Crippen LogP contribution in [0.2, 0.25) is 0 Å². The fourth-order valence-electron chi connectivity index (χ4n) is 1.02. The monoisotopic (exact) mass is 186 g/mol. The third-order valence-corrected chi connectivity index (χ3v) is 1.53. The lowest BCUT2D eigenvalue weighted by molar-refractivity contribution is -0.176. The van der Waals surface area contributed by atoms with Crippen LogP contribution in [0.25, 0.3) is 0 Å². The quantitative estimate of drug-likeness (QED) is 0.558. The second-order valence-electron chi connectivity index (χ2n) is 2.70. The number of rotatable bonds is 1. The molecule has 1 atom stereocenters. The van der Waals surface area contributed by atoms with Crippen molar-refractivity contribution in [3.63, 3.8) is 0 Å². The molecule has 0 bridgehead atoms. The van der Waals surface area contributed by atoms with E-state index >= 15 is 0 Å². The smallest absolute Gasteiger partial charge is 0.278 e. The molecule has 0 unspecified atom stereocenters. The molecule has 1 saturated heterocycles. The second kappa shape index (κ2) is 3.53. The van der Waals surface area contributed by atoms with E-state index in [-0.39, 0.29) is 12.5 Å². The average molecular weight is 186 g/mol. The van der Waals surface area contributed by atoms with Crippen molar-refractivity contribution in [1.82, 2.24) is 10.4 Å². The SMILES string of the molecule is CC(=O)N[C@@H]1CON(C(C)=O)C1=O. The van der Waals surface area contributed by atoms with Crippen LogP contribution in [-0.2, 0) is 19.2 Å². The summed E-state index contributed by atoms with van der Waals surface area (Å²) in [5.74, 6) is -1.34. The highest BCUT2D eigenvalue weighted by Gasteiger charge is 2.36. The summed E-state index contributed by atoms with van der Waals surface area (Å²) in [4.78, 5) is 37.4. The number of nitrogens with one attached hydrogen (secondary N) is 1. The largest absolute Gasteiger partial charge is 0.342 e. The van der Waals surface area contributed by atoms with Crippen molar-refractivity contribution in [2.24, 2.45) is 0 Å². The zero-order valence-corrected chi connectivity index (χ0v) is 7.36. The van der Waals surface area contributed by atoms with Gasteiger partial charge >= 0.3 is 0 Å². The topological polar surface area (TPSA) is 75.7 Å². The first-order valence-corrected chi connectivity index (χ1v) is 3.77. The Bertz CT molecular complexity index is 263. The van der Waals surface area contributed by atoms with Crippen molar-refractivity contribution in [2.75, 3.05) is 6.61 Å². The molecular weight excluding hydrogens is 176 g/mol. The number of amides is 3. The molecule has 0 radical (unpaired) electrons. The van der Waals surface area contributed by atoms with Crippen LogP contribution in [0, 0.1) is 0 Å². The number of hydrogen-bond acceptors (Lipinski definition) is 4. The fraction of sp³-hybridized carbons (Fsp3) is 0.571. The van der Waals surface area contributed by atoms with E-state index in [9.17, 15) is 14.4 Å². The number of imide groups is 1. The molecule has 0 saturated carbocycles. The van der Waals surface area contributed by atoms with Gasteiger partial charge in [0.05, 0.1) is 0 Å². The summed E-state index contributed by atoms with van der Waals surface area (Å²) in [5.41, 5.74) is 0. The Morgan fingerprint density at radius 2 is 2.15 bits per heavy atom. The minimum atomic E-state index is -0.735. The molecule has 72 valence electrons. The maximum atomic E-state index is 11.2. The molecule has 1 heterocycles. The van der Waals surface area contributed by atoms with Gasteiger partial charge in [0.1, 0.15) is 12.6 Å². The van der Waals surface area contributed by atoms with E-state index < -0.39 is 17.9 Å². The molecule has 6 nitrogen and oxygen atoms in total. The molecule has 1 N–H and O–H groups in total. The van der Waals surface area contributed by atoms with Crippen molar-refractivity contribution in [3.05, 3.63) is 0 Å². The van der Waals surface area contributed by atoms with E-state index in [1.165, 1.54) is 13.8 Å². The summed E-state index contributed by atoms with van der Waals surface area (Å²) < 4.78 is 0. The van der Waals surface area contributed by atoms with E-state index in [0.717, 1.165) is 0 Å². The van der Waals surface area contributed by atoms with E-state index in [1.54, 1.807) is 0 Å². The lowest BCUT2D eigenvalue weighted by Gasteiger charge is -2.08. The Morgan fingerprint density at radius 3 is 2.54 bits per heavy atom. The summed E-state index contributed by atoms with van der Waals surface area (Å²) in [6, 6.07) is -0.735. The molecule has 13 heavy (non-hydrogen) atoms. The van der Waals surface area contributed by atoms with Crippen LogP contribution in [0.15, 0.2) is 0 Å². The van der Waals surface area contributed by atoms with Crippen LogP contribution >= 0.6 is 0 Å². The molecule has 1 rings (SSSR count). The summed E-state index contributed by atoms with van der Waals surface area (Å²) in [5, 5.41) is 3.02. The van der Waals surface area contributed by atoms with E-state index in [1.807, 2.05) is 0 Å². The van der Waals surface area contributed by atoms with Crippen LogP contribution in [0.5, 0.6) is 0 Å². The summed E-state index contributed by atoms with van der Waals surface area (Å²) in [6.45, 7) is 2.52. The normalized spacial score (nSPS) is 21.8. The standard InChI is InChI=1S/C7H10N2O4/c1-4(10)8-6-3-13-9(5(2)11)7(6)12/h6H,3H2,1-2H3,(H,8,10)/t6-/m1/s1. The van der Waals surface area contributed by atoms with Gasteiger partial charge in [-0.25, -0.2) is 0 Å². The summed E-state index contributed by atoms with van der Waals surface area (Å²) >= 11 is 0. The Morgan fingerprint density at radius 1 is 1.54 bits per heavy atom. The Hall–Kier alpha value is -1.43. The van der Waals surface area contributed by atoms with Gasteiger partial charge in [0, 0.05) is 13.8 Å². The maximum Gasteiger partial charge on any atom is 0.278 e. The lowest BCUT2D eigenvalue weighted by Crippen LogP contribution is -2.42. The van der Waals surface area contributed by atoms with Gasteiger partial charge in [-0.15, -0.1) is 0 Å². The zero-order valence-electron chi connectivity index (χ0n) is 7.36. The van der Waals surface area contributed by atoms with Gasteiger partial charge in [0.25, 0.3) is 5.91 Å². The molecule has 0 aromatic carbocycles. The average Bonchev–Trinajstić information content (AvgIpc) is 2.32. The Balaban J connectivity index is 2.60. The van der Waals surface area contributed by atoms with Gasteiger partial charge in [-0.3, -0.25) is 19.2 Å². The fourth-order valence-corrected chi connectivity index (χ4v) is 1.02. The highest BCUT2D eigenvalue weighted by Crippen LogP contribution is 2.07. The van der Waals surface area contributed by atoms with Crippen molar-refractivity contribution >= 4 is 17.7 Å². The molecule has 3 amide bonds. The van der Waals surface area contributed by atoms with Gasteiger partial charge in [-0.1, -0.05) is 0 Å². The summed E-state index contributed by atoms with van der Waals surface area (Å²) in [6.07, 6.45) is 0. The van der Waals surface area contributed by atoms with Gasteiger partial charge in [-0.05, 0) is 0 Å². The first-order valence-electron chi connectivity index (χ1n) is 3.77. The van der Waals surface area contributed by atoms with Crippen LogP contribution < -0.4 is 5.32 Å². The van der Waals surface area contributed by atoms with Gasteiger partial charge in [0.15, 0.2) is 0 Å². The van der Waals surface area contributed by atoms with Crippen molar-refractivity contribution < 1.29 is 19.2 Å². The van der Waals surface area contributed by atoms with Crippen LogP contribution in [-0.4, -0.2) is 35.4 Å². The van der Waals surface area contributed by atoms with Gasteiger partial charge in [0.2, 0.25) is 11.8 Å². The van der Waals surface area contributed by atoms with Crippen LogP contribution in [0.3, 0.4) is 0 Å². The van der Waals surface area contributed by atoms with Crippen LogP contribution in [0.1, 0.15) is 13.8 Å². The number of carbonyl (C=O) groups is 3. The predicted octanol–water partition coefficient (Wildman–Crippen LogP) is -1.19. The Kier molecular flexibility index (Phi) is 2.62. The third-order valence-electron chi connectivity index (χ3n) is 1.53. The maximum absolute atomic E-state index is 11.2. The molecule has 1 fully saturated rings. The predicted molar refractivity (Wildman–Crippen MR) is 41.1 cm³/mol. The molecule has 0 aromatic rings. The van der Waals surface area contributed by atoms with E-state index in [0.29, 0.717) is 5.06 Å². The minimum absolute atomic E-state index is 0.0119. The zero-order chi connectivity index (χ0) is 10.0. The van der Waals surface area contributed by atoms with Crippen molar-refractivity contribution in [2.45, 2.75) is 19.9 Å². The van der Waals surface area contributed by atoms with Crippen molar-refractivity contribution in [1.29, 1.82) is 0 Å². The van der Waals surface area contributed by atoms with Crippen molar-refractivity contribution in [3.8, 4) is 0 Å². The Labute approximate surface area is 74.8 Å². The number of hydroxylamine groups is 2. The molecule has 0 aromatic heterocycles. The van der Waals surface area contributed by atoms with E-state index in [2.05, 4.69) is 5.32 Å². The minimum Gasteiger partial charge on any atom is -0.342 e. The molecule has 1 aliphatic rings. The van der Waals surface area contributed by atoms with E-state index in [4.69, 9.17) is 4.84 Å². The first kappa shape index (κ1) is 9.66. The molecule has 0 aliphatic carbocycles. The highest BCUT2D eigenvalue weighted by atomic mass is 16.7. The number of hydrogen-bond donors (Lipinski definition) is 1. The summed E-state index contributed by atoms with van der Waals surface area (Å²) in [7, 11) is 0. The van der Waals surface area contributed by atoms with Crippen LogP contribution in [0.4, 0.5) is 0 Å². The first-order chi connectivity index (χ1) is 6.02. The number of nitrogens with zero attached hydrogens (tertiary/aromatic N) is 1. The molecule has 6 heteroatoms. The second-order valence-corrected chi connectivity index (χ2v) is 2.70. The molecular formula is C7H10N2O4. The van der Waals surface area contributed by atoms with Gasteiger partial charge < -0.3 is 5.32 Å². The lowest BCUT2D eigenvalue weighted by atomic mass is 10.3. The highest BCUT2D eigenvalue weighted by molar-refractivity contribution is 5.98. The molecule has 0 spiro atoms. The van der Waals surface area contributed by atoms with Gasteiger partial charge in [-0.2, -0.15) is 5.06 Å².